The summed E-state index contributed by atoms with van der Waals surface area (Å²) in [4.78, 5) is 29.2. The number of aromatic nitrogens is 5. The molecule has 7 nitrogen and oxygen atoms in total. The molecule has 0 saturated heterocycles. The van der Waals surface area contributed by atoms with Crippen LogP contribution in [0.4, 0.5) is 10.2 Å². The number of benzene rings is 2. The van der Waals surface area contributed by atoms with Crippen LogP contribution in [0.1, 0.15) is 25.1 Å². The van der Waals surface area contributed by atoms with Gasteiger partial charge in [0.25, 0.3) is 5.56 Å². The Labute approximate surface area is 186 Å². The lowest BCUT2D eigenvalue weighted by atomic mass is 10.0. The molecule has 0 spiro atoms. The van der Waals surface area contributed by atoms with E-state index < -0.39 is 11.4 Å². The molecule has 5 aromatic rings. The van der Waals surface area contributed by atoms with Crippen LogP contribution in [-0.2, 0) is 0 Å². The molecule has 0 unspecified atom stereocenters. The van der Waals surface area contributed by atoms with Crippen LogP contribution in [0.5, 0.6) is 0 Å². The predicted molar refractivity (Wildman–Crippen MR) is 123 cm³/mol. The van der Waals surface area contributed by atoms with Crippen molar-refractivity contribution in [3.63, 3.8) is 0 Å². The van der Waals surface area contributed by atoms with E-state index in [1.54, 1.807) is 42.7 Å². The van der Waals surface area contributed by atoms with E-state index in [1.165, 1.54) is 17.0 Å². The van der Waals surface area contributed by atoms with Crippen molar-refractivity contribution < 1.29 is 4.39 Å². The van der Waals surface area contributed by atoms with E-state index in [4.69, 9.17) is 11.6 Å². The molecule has 0 bridgehead atoms. The Morgan fingerprint density at radius 2 is 2.00 bits per heavy atom. The van der Waals surface area contributed by atoms with Crippen molar-refractivity contribution in [1.29, 1.82) is 0 Å². The van der Waals surface area contributed by atoms with Gasteiger partial charge in [-0.2, -0.15) is 0 Å². The molecule has 32 heavy (non-hydrogen) atoms. The first-order chi connectivity index (χ1) is 15.6. The third-order valence-corrected chi connectivity index (χ3v) is 5.63. The number of H-pyrrole nitrogens is 1. The number of hydrogen-bond acceptors (Lipinski definition) is 5. The van der Waals surface area contributed by atoms with Gasteiger partial charge in [0.15, 0.2) is 11.5 Å². The molecule has 3 aromatic heterocycles. The molecular weight excluding hydrogens is 431 g/mol. The van der Waals surface area contributed by atoms with E-state index in [9.17, 15) is 9.18 Å². The molecule has 160 valence electrons. The van der Waals surface area contributed by atoms with Crippen molar-refractivity contribution in [3.8, 4) is 5.69 Å². The highest BCUT2D eigenvalue weighted by Crippen LogP contribution is 2.29. The zero-order valence-corrected chi connectivity index (χ0v) is 17.8. The highest BCUT2D eigenvalue weighted by molar-refractivity contribution is 6.30. The average Bonchev–Trinajstić information content (AvgIpc) is 3.27. The Balaban J connectivity index is 1.75. The van der Waals surface area contributed by atoms with Crippen molar-refractivity contribution in [1.82, 2.24) is 24.5 Å². The van der Waals surface area contributed by atoms with Crippen LogP contribution in [0.15, 0.2) is 66.0 Å². The Morgan fingerprint density at radius 3 is 2.81 bits per heavy atom. The maximum Gasteiger partial charge on any atom is 0.266 e. The molecule has 1 atom stereocenters. The first kappa shape index (κ1) is 20.1. The molecular formula is C23H18ClFN6O. The van der Waals surface area contributed by atoms with E-state index >= 15 is 0 Å². The van der Waals surface area contributed by atoms with Crippen LogP contribution in [0, 0.1) is 5.82 Å². The molecule has 0 radical (unpaired) electrons. The van der Waals surface area contributed by atoms with Gasteiger partial charge in [-0.1, -0.05) is 36.7 Å². The summed E-state index contributed by atoms with van der Waals surface area (Å²) in [5.74, 6) is -0.00501. The highest BCUT2D eigenvalue weighted by atomic mass is 35.5. The van der Waals surface area contributed by atoms with Crippen LogP contribution >= 0.6 is 11.6 Å². The molecule has 3 heterocycles. The van der Waals surface area contributed by atoms with Crippen molar-refractivity contribution in [2.45, 2.75) is 19.4 Å². The summed E-state index contributed by atoms with van der Waals surface area (Å²) >= 11 is 6.21. The van der Waals surface area contributed by atoms with Gasteiger partial charge in [0, 0.05) is 10.7 Å². The number of anilines is 1. The first-order valence-electron chi connectivity index (χ1n) is 10.1. The molecule has 2 N–H and O–H groups in total. The molecule has 0 aliphatic heterocycles. The predicted octanol–water partition coefficient (Wildman–Crippen LogP) is 5.01. The van der Waals surface area contributed by atoms with Crippen molar-refractivity contribution in [2.24, 2.45) is 0 Å². The van der Waals surface area contributed by atoms with E-state index in [-0.39, 0.29) is 11.4 Å². The normalized spacial score (nSPS) is 12.3. The molecule has 0 saturated carbocycles. The number of halogens is 2. The van der Waals surface area contributed by atoms with E-state index in [2.05, 4.69) is 25.3 Å². The number of nitrogens with zero attached hydrogens (tertiary/aromatic N) is 4. The molecule has 0 aliphatic rings. The standard InChI is InChI=1S/C23H18ClFN6O/c1-2-17(30-22-20-21(27-11-26-20)28-12-29-22)18-9-13-5-3-8-16(25)19(13)23(32)31(18)15-7-4-6-14(24)10-15/h3-12,17H,2H2,1H3,(H2,26,27,28,29,30)/t17-/m1/s1. The number of fused-ring (bicyclic) bond motifs is 2. The molecule has 0 amide bonds. The minimum absolute atomic E-state index is 0.0315. The quantitative estimate of drug-likeness (QED) is 0.394. The lowest BCUT2D eigenvalue weighted by molar-refractivity contribution is 0.635. The Hall–Kier alpha value is -3.78. The van der Waals surface area contributed by atoms with Crippen molar-refractivity contribution >= 4 is 39.4 Å². The minimum Gasteiger partial charge on any atom is -0.360 e. The fourth-order valence-electron chi connectivity index (χ4n) is 3.90. The summed E-state index contributed by atoms with van der Waals surface area (Å²) < 4.78 is 16.1. The first-order valence-corrected chi connectivity index (χ1v) is 10.5. The second-order valence-corrected chi connectivity index (χ2v) is 7.76. The van der Waals surface area contributed by atoms with E-state index in [1.807, 2.05) is 13.0 Å². The SMILES string of the molecule is CC[C@@H](Nc1ncnc2nc[nH]c12)c1cc2cccc(F)c2c(=O)n1-c1cccc(Cl)c1. The van der Waals surface area contributed by atoms with Gasteiger partial charge in [0.2, 0.25) is 0 Å². The maximum absolute atomic E-state index is 14.6. The minimum atomic E-state index is -0.564. The monoisotopic (exact) mass is 448 g/mol. The summed E-state index contributed by atoms with van der Waals surface area (Å²) in [5, 5.41) is 4.43. The lowest BCUT2D eigenvalue weighted by Crippen LogP contribution is -2.27. The third kappa shape index (κ3) is 3.38. The van der Waals surface area contributed by atoms with Crippen LogP contribution in [0.25, 0.3) is 27.6 Å². The summed E-state index contributed by atoms with van der Waals surface area (Å²) in [6.07, 6.45) is 3.60. The second kappa shape index (κ2) is 8.05. The Morgan fingerprint density at radius 1 is 1.16 bits per heavy atom. The van der Waals surface area contributed by atoms with Gasteiger partial charge >= 0.3 is 0 Å². The van der Waals surface area contributed by atoms with Crippen LogP contribution in [-0.4, -0.2) is 24.5 Å². The molecule has 0 aliphatic carbocycles. The van der Waals surface area contributed by atoms with E-state index in [0.29, 0.717) is 45.2 Å². The maximum atomic E-state index is 14.6. The average molecular weight is 449 g/mol. The number of rotatable bonds is 5. The number of hydrogen-bond donors (Lipinski definition) is 2. The summed E-state index contributed by atoms with van der Waals surface area (Å²) in [5.41, 5.74) is 1.95. The van der Waals surface area contributed by atoms with E-state index in [0.717, 1.165) is 0 Å². The van der Waals surface area contributed by atoms with Gasteiger partial charge in [-0.15, -0.1) is 0 Å². The fourth-order valence-corrected chi connectivity index (χ4v) is 4.09. The molecule has 5 rings (SSSR count). The second-order valence-electron chi connectivity index (χ2n) is 7.32. The number of nitrogens with one attached hydrogen (secondary N) is 2. The van der Waals surface area contributed by atoms with Gasteiger partial charge in [0.05, 0.1) is 23.4 Å². The summed E-state index contributed by atoms with van der Waals surface area (Å²) in [6, 6.07) is 13.1. The van der Waals surface area contributed by atoms with Gasteiger partial charge in [-0.3, -0.25) is 9.36 Å². The van der Waals surface area contributed by atoms with Gasteiger partial charge in [0.1, 0.15) is 17.7 Å². The number of aromatic amines is 1. The number of imidazole rings is 1. The Bertz CT molecular complexity index is 1510. The van der Waals surface area contributed by atoms with Gasteiger partial charge in [-0.05, 0) is 42.1 Å². The molecule has 0 fully saturated rings. The Kier molecular flexibility index (Phi) is 5.07. The third-order valence-electron chi connectivity index (χ3n) is 5.39. The largest absolute Gasteiger partial charge is 0.360 e. The van der Waals surface area contributed by atoms with Crippen molar-refractivity contribution in [2.75, 3.05) is 5.32 Å². The van der Waals surface area contributed by atoms with Crippen LogP contribution in [0.3, 0.4) is 0 Å². The fraction of sp³-hybridized carbons (Fsp3) is 0.130. The summed E-state index contributed by atoms with van der Waals surface area (Å²) in [7, 11) is 0. The highest BCUT2D eigenvalue weighted by Gasteiger charge is 2.21. The molecule has 2 aromatic carbocycles. The zero-order valence-electron chi connectivity index (χ0n) is 17.0. The topological polar surface area (TPSA) is 88.5 Å². The van der Waals surface area contributed by atoms with Crippen LogP contribution < -0.4 is 10.9 Å². The van der Waals surface area contributed by atoms with Crippen molar-refractivity contribution in [3.05, 3.63) is 88.1 Å². The summed E-state index contributed by atoms with van der Waals surface area (Å²) in [6.45, 7) is 1.99. The zero-order chi connectivity index (χ0) is 22.2. The smallest absolute Gasteiger partial charge is 0.266 e. The lowest BCUT2D eigenvalue weighted by Gasteiger charge is -2.23. The molecule has 9 heteroatoms. The number of pyridine rings is 1. The van der Waals surface area contributed by atoms with Gasteiger partial charge < -0.3 is 10.3 Å². The van der Waals surface area contributed by atoms with Gasteiger partial charge in [-0.25, -0.2) is 19.3 Å². The van der Waals surface area contributed by atoms with Crippen LogP contribution in [0.2, 0.25) is 5.02 Å².